The van der Waals surface area contributed by atoms with Crippen LogP contribution in [0, 0.1) is 0 Å². The van der Waals surface area contributed by atoms with Crippen LogP contribution < -0.4 is 10.2 Å². The minimum absolute atomic E-state index is 0.0231. The largest absolute Gasteiger partial charge is 0.357 e. The van der Waals surface area contributed by atoms with Crippen LogP contribution in [0.4, 0.5) is 5.69 Å². The monoisotopic (exact) mass is 392 g/mol. The number of anilines is 1. The zero-order valence-electron chi connectivity index (χ0n) is 15.7. The van der Waals surface area contributed by atoms with E-state index in [1.165, 1.54) is 21.7 Å². The van der Waals surface area contributed by atoms with Gasteiger partial charge in [0.15, 0.2) is 0 Å². The summed E-state index contributed by atoms with van der Waals surface area (Å²) in [5.41, 5.74) is 3.48. The average molecular weight is 393 g/mol. The number of ether oxygens (including phenoxy) is 1. The number of hydrogen-bond donors (Lipinski definition) is 1. The quantitative estimate of drug-likeness (QED) is 0.485. The first-order valence-corrected chi connectivity index (χ1v) is 10.5. The van der Waals surface area contributed by atoms with Crippen LogP contribution in [0.2, 0.25) is 0 Å². The normalized spacial score (nSPS) is 17.4. The van der Waals surface area contributed by atoms with Gasteiger partial charge in [0.05, 0.1) is 6.61 Å². The first-order chi connectivity index (χ1) is 13.8. The van der Waals surface area contributed by atoms with Crippen molar-refractivity contribution in [1.29, 1.82) is 0 Å². The number of nitrogens with one attached hydrogen (secondary N) is 1. The standard InChI is InChI=1S/C23H24N2O2S/c26-13-1-2-18-3-6-21(7-4-18)25-12-11-24-17-23(25)27-14-9-19-5-8-22-20(16-19)10-15-28-22/h1-8,10,13,15-16,23-24H,9,11-12,14,17H2. The van der Waals surface area contributed by atoms with E-state index in [9.17, 15) is 4.79 Å². The van der Waals surface area contributed by atoms with Gasteiger partial charge in [-0.05, 0) is 58.7 Å². The minimum atomic E-state index is 0.0231. The Labute approximate surface area is 169 Å². The zero-order chi connectivity index (χ0) is 19.2. The summed E-state index contributed by atoms with van der Waals surface area (Å²) in [5, 5.41) is 6.88. The smallest absolute Gasteiger partial charge is 0.142 e. The molecule has 1 aliphatic heterocycles. The van der Waals surface area contributed by atoms with Gasteiger partial charge in [0.1, 0.15) is 12.5 Å². The molecular weight excluding hydrogens is 368 g/mol. The number of piperazine rings is 1. The van der Waals surface area contributed by atoms with Crippen molar-refractivity contribution in [3.8, 4) is 0 Å². The second kappa shape index (κ2) is 9.15. The molecule has 2 aromatic carbocycles. The fourth-order valence-corrected chi connectivity index (χ4v) is 4.31. The molecule has 0 aliphatic carbocycles. The Hall–Kier alpha value is -2.47. The first-order valence-electron chi connectivity index (χ1n) is 9.60. The third kappa shape index (κ3) is 4.50. The summed E-state index contributed by atoms with van der Waals surface area (Å²) < 4.78 is 7.58. The van der Waals surface area contributed by atoms with E-state index in [1.807, 2.05) is 18.2 Å². The van der Waals surface area contributed by atoms with Crippen molar-refractivity contribution in [1.82, 2.24) is 5.32 Å². The lowest BCUT2D eigenvalue weighted by Gasteiger charge is -2.37. The Morgan fingerprint density at radius 3 is 2.93 bits per heavy atom. The molecule has 3 aromatic rings. The Balaban J connectivity index is 1.37. The molecule has 4 rings (SSSR count). The van der Waals surface area contributed by atoms with Crippen LogP contribution in [-0.4, -0.2) is 38.8 Å². The number of carbonyl (C=O) groups excluding carboxylic acids is 1. The maximum Gasteiger partial charge on any atom is 0.142 e. The van der Waals surface area contributed by atoms with E-state index in [0.717, 1.165) is 43.6 Å². The number of aldehydes is 1. The van der Waals surface area contributed by atoms with Crippen molar-refractivity contribution in [2.24, 2.45) is 0 Å². The molecule has 2 heterocycles. The number of nitrogens with zero attached hydrogens (tertiary/aromatic N) is 1. The van der Waals surface area contributed by atoms with Crippen LogP contribution >= 0.6 is 11.3 Å². The van der Waals surface area contributed by atoms with Crippen LogP contribution in [0.5, 0.6) is 0 Å². The number of allylic oxidation sites excluding steroid dienone is 1. The highest BCUT2D eigenvalue weighted by Gasteiger charge is 2.22. The molecule has 0 bridgehead atoms. The zero-order valence-corrected chi connectivity index (χ0v) is 16.5. The number of fused-ring (bicyclic) bond motifs is 1. The van der Waals surface area contributed by atoms with E-state index in [1.54, 1.807) is 11.3 Å². The molecule has 4 nitrogen and oxygen atoms in total. The van der Waals surface area contributed by atoms with Gasteiger partial charge in [-0.25, -0.2) is 0 Å². The van der Waals surface area contributed by atoms with E-state index >= 15 is 0 Å². The van der Waals surface area contributed by atoms with Gasteiger partial charge in [-0.3, -0.25) is 4.79 Å². The maximum absolute atomic E-state index is 10.5. The van der Waals surface area contributed by atoms with Gasteiger partial charge in [-0.2, -0.15) is 0 Å². The lowest BCUT2D eigenvalue weighted by molar-refractivity contribution is -0.104. The molecule has 0 amide bonds. The maximum atomic E-state index is 10.5. The predicted octanol–water partition coefficient (Wildman–Crippen LogP) is 4.11. The van der Waals surface area contributed by atoms with Gasteiger partial charge in [0.2, 0.25) is 0 Å². The van der Waals surface area contributed by atoms with Crippen LogP contribution in [0.25, 0.3) is 16.2 Å². The van der Waals surface area contributed by atoms with E-state index in [0.29, 0.717) is 6.61 Å². The predicted molar refractivity (Wildman–Crippen MR) is 117 cm³/mol. The Bertz CT molecular complexity index is 949. The third-order valence-corrected chi connectivity index (χ3v) is 5.90. The summed E-state index contributed by atoms with van der Waals surface area (Å²) in [4.78, 5) is 12.8. The van der Waals surface area contributed by atoms with Crippen molar-refractivity contribution in [3.63, 3.8) is 0 Å². The Morgan fingerprint density at radius 1 is 1.18 bits per heavy atom. The van der Waals surface area contributed by atoms with Gasteiger partial charge < -0.3 is 15.0 Å². The van der Waals surface area contributed by atoms with Gasteiger partial charge in [0.25, 0.3) is 0 Å². The van der Waals surface area contributed by atoms with Crippen molar-refractivity contribution >= 4 is 39.5 Å². The van der Waals surface area contributed by atoms with Crippen molar-refractivity contribution < 1.29 is 9.53 Å². The fourth-order valence-electron chi connectivity index (χ4n) is 3.54. The van der Waals surface area contributed by atoms with Gasteiger partial charge in [0, 0.05) is 30.0 Å². The lowest BCUT2D eigenvalue weighted by atomic mass is 10.1. The topological polar surface area (TPSA) is 41.6 Å². The molecule has 144 valence electrons. The van der Waals surface area contributed by atoms with E-state index in [-0.39, 0.29) is 6.23 Å². The molecule has 1 saturated heterocycles. The Kier molecular flexibility index (Phi) is 6.17. The van der Waals surface area contributed by atoms with Crippen molar-refractivity contribution in [3.05, 3.63) is 71.1 Å². The number of thiophene rings is 1. The van der Waals surface area contributed by atoms with Crippen LogP contribution in [0.15, 0.2) is 60.0 Å². The number of rotatable bonds is 7. The first kappa shape index (κ1) is 18.9. The molecule has 1 fully saturated rings. The molecule has 1 aliphatic rings. The summed E-state index contributed by atoms with van der Waals surface area (Å²) in [6.45, 7) is 3.37. The second-order valence-electron chi connectivity index (χ2n) is 6.85. The molecule has 1 N–H and O–H groups in total. The van der Waals surface area contributed by atoms with Crippen LogP contribution in [-0.2, 0) is 16.0 Å². The van der Waals surface area contributed by atoms with E-state index < -0.39 is 0 Å². The number of carbonyl (C=O) groups is 1. The molecule has 28 heavy (non-hydrogen) atoms. The van der Waals surface area contributed by atoms with E-state index in [4.69, 9.17) is 4.74 Å². The highest BCUT2D eigenvalue weighted by Crippen LogP contribution is 2.23. The Morgan fingerprint density at radius 2 is 2.07 bits per heavy atom. The van der Waals surface area contributed by atoms with Gasteiger partial charge in [-0.15, -0.1) is 11.3 Å². The van der Waals surface area contributed by atoms with Crippen LogP contribution in [0.1, 0.15) is 11.1 Å². The third-order valence-electron chi connectivity index (χ3n) is 5.01. The number of benzene rings is 2. The molecule has 0 saturated carbocycles. The van der Waals surface area contributed by atoms with Crippen molar-refractivity contribution in [2.45, 2.75) is 12.6 Å². The van der Waals surface area contributed by atoms with E-state index in [2.05, 4.69) is 52.0 Å². The molecule has 0 radical (unpaired) electrons. The second-order valence-corrected chi connectivity index (χ2v) is 7.80. The summed E-state index contributed by atoms with van der Waals surface area (Å²) >= 11 is 1.78. The fraction of sp³-hybridized carbons (Fsp3) is 0.261. The van der Waals surface area contributed by atoms with Crippen LogP contribution in [0.3, 0.4) is 0 Å². The minimum Gasteiger partial charge on any atom is -0.357 e. The molecule has 5 heteroatoms. The SMILES string of the molecule is O=CC=Cc1ccc(N2CCNCC2OCCc2ccc3sccc3c2)cc1. The lowest BCUT2D eigenvalue weighted by Crippen LogP contribution is -2.52. The van der Waals surface area contributed by atoms with Gasteiger partial charge in [-0.1, -0.05) is 30.3 Å². The molecular formula is C23H24N2O2S. The number of hydrogen-bond acceptors (Lipinski definition) is 5. The molecule has 1 aromatic heterocycles. The average Bonchev–Trinajstić information content (AvgIpc) is 3.21. The summed E-state index contributed by atoms with van der Waals surface area (Å²) in [5.74, 6) is 0. The molecule has 0 spiro atoms. The molecule has 1 unspecified atom stereocenters. The summed E-state index contributed by atoms with van der Waals surface area (Å²) in [6.07, 6.45) is 5.05. The summed E-state index contributed by atoms with van der Waals surface area (Å²) in [7, 11) is 0. The molecule has 1 atom stereocenters. The van der Waals surface area contributed by atoms with Crippen molar-refractivity contribution in [2.75, 3.05) is 31.1 Å². The van der Waals surface area contributed by atoms with Gasteiger partial charge >= 0.3 is 0 Å². The highest BCUT2D eigenvalue weighted by molar-refractivity contribution is 7.17. The highest BCUT2D eigenvalue weighted by atomic mass is 32.1. The summed E-state index contributed by atoms with van der Waals surface area (Å²) in [6, 6.07) is 17.1.